The molecule has 0 saturated carbocycles. The number of aliphatic imine (C=N–C) groups is 1. The molecule has 0 unspecified atom stereocenters. The number of hydrogen-bond acceptors (Lipinski definition) is 3. The van der Waals surface area contributed by atoms with Crippen LogP contribution >= 0.6 is 11.6 Å². The molecule has 2 heterocycles. The van der Waals surface area contributed by atoms with Crippen molar-refractivity contribution in [2.75, 3.05) is 20.1 Å². The highest BCUT2D eigenvalue weighted by Crippen LogP contribution is 2.27. The van der Waals surface area contributed by atoms with Crippen molar-refractivity contribution < 1.29 is 0 Å². The predicted octanol–water partition coefficient (Wildman–Crippen LogP) is 3.00. The van der Waals surface area contributed by atoms with Gasteiger partial charge in [-0.3, -0.25) is 0 Å². The quantitative estimate of drug-likeness (QED) is 0.754. The Morgan fingerprint density at radius 1 is 1.47 bits per heavy atom. The first-order valence-corrected chi connectivity index (χ1v) is 6.63. The van der Waals surface area contributed by atoms with E-state index < -0.39 is 0 Å². The Morgan fingerprint density at radius 2 is 2.12 bits per heavy atom. The van der Waals surface area contributed by atoms with Crippen LogP contribution in [0.25, 0.3) is 0 Å². The second-order valence-corrected chi connectivity index (χ2v) is 5.14. The van der Waals surface area contributed by atoms with Crippen LogP contribution in [0.15, 0.2) is 29.3 Å². The fourth-order valence-electron chi connectivity index (χ4n) is 2.44. The number of hydrogen-bond donors (Lipinski definition) is 0. The van der Waals surface area contributed by atoms with Crippen LogP contribution in [0.3, 0.4) is 0 Å². The van der Waals surface area contributed by atoms with E-state index in [2.05, 4.69) is 23.4 Å². The molecule has 17 heavy (non-hydrogen) atoms. The van der Waals surface area contributed by atoms with Crippen molar-refractivity contribution in [1.29, 1.82) is 0 Å². The number of nitrogens with zero attached hydrogens (tertiary/aromatic N) is 3. The van der Waals surface area contributed by atoms with Crippen molar-refractivity contribution in [1.82, 2.24) is 9.80 Å². The zero-order valence-electron chi connectivity index (χ0n) is 10.6. The van der Waals surface area contributed by atoms with Crippen LogP contribution in [0.1, 0.15) is 26.2 Å². The second-order valence-electron chi connectivity index (χ2n) is 4.75. The van der Waals surface area contributed by atoms with Crippen molar-refractivity contribution in [3.63, 3.8) is 0 Å². The summed E-state index contributed by atoms with van der Waals surface area (Å²) in [6.45, 7) is 8.39. The number of piperidine rings is 1. The molecule has 0 bridgehead atoms. The third-order valence-corrected chi connectivity index (χ3v) is 3.92. The Morgan fingerprint density at radius 3 is 2.71 bits per heavy atom. The third kappa shape index (κ3) is 2.65. The summed E-state index contributed by atoms with van der Waals surface area (Å²) in [5.74, 6) is 2.72. The summed E-state index contributed by atoms with van der Waals surface area (Å²) in [6, 6.07) is 0. The topological polar surface area (TPSA) is 18.8 Å². The standard InChI is InChI=1S/C13H20ClN3/c1-4-11-5-7-17(8-6-11)13-9-12(14)15-10(2)16(13)3/h9,11H,2,4-8H2,1,3H3. The average Bonchev–Trinajstić information content (AvgIpc) is 2.34. The minimum Gasteiger partial charge on any atom is -0.358 e. The molecule has 0 aromatic carbocycles. The molecule has 1 saturated heterocycles. The first-order chi connectivity index (χ1) is 8.11. The van der Waals surface area contributed by atoms with Gasteiger partial charge in [-0.15, -0.1) is 0 Å². The lowest BCUT2D eigenvalue weighted by Crippen LogP contribution is -2.39. The second kappa shape index (κ2) is 5.13. The minimum atomic E-state index is 0.528. The fourth-order valence-corrected chi connectivity index (χ4v) is 2.64. The van der Waals surface area contributed by atoms with Crippen molar-refractivity contribution in [2.45, 2.75) is 26.2 Å². The van der Waals surface area contributed by atoms with Crippen LogP contribution in [0, 0.1) is 5.92 Å². The van der Waals surface area contributed by atoms with Gasteiger partial charge in [-0.2, -0.15) is 0 Å². The molecule has 0 N–H and O–H groups in total. The highest BCUT2D eigenvalue weighted by Gasteiger charge is 2.24. The van der Waals surface area contributed by atoms with Gasteiger partial charge < -0.3 is 9.80 Å². The van der Waals surface area contributed by atoms with Gasteiger partial charge in [0.1, 0.15) is 16.8 Å². The van der Waals surface area contributed by atoms with Crippen molar-refractivity contribution in [3.05, 3.63) is 24.3 Å². The molecular formula is C13H20ClN3. The van der Waals surface area contributed by atoms with Crippen molar-refractivity contribution >= 4 is 16.8 Å². The lowest BCUT2D eigenvalue weighted by Gasteiger charge is -2.39. The van der Waals surface area contributed by atoms with E-state index in [1.807, 2.05) is 18.0 Å². The van der Waals surface area contributed by atoms with E-state index in [-0.39, 0.29) is 0 Å². The van der Waals surface area contributed by atoms with E-state index in [0.717, 1.165) is 24.8 Å². The van der Waals surface area contributed by atoms with Crippen LogP contribution in [0.5, 0.6) is 0 Å². The molecule has 0 amide bonds. The van der Waals surface area contributed by atoms with Crippen LogP contribution in [0.4, 0.5) is 0 Å². The largest absolute Gasteiger partial charge is 0.358 e. The Hall–Kier alpha value is -0.960. The molecule has 94 valence electrons. The lowest BCUT2D eigenvalue weighted by molar-refractivity contribution is 0.182. The fraction of sp³-hybridized carbons (Fsp3) is 0.615. The van der Waals surface area contributed by atoms with E-state index in [1.54, 1.807) is 0 Å². The first-order valence-electron chi connectivity index (χ1n) is 6.25. The summed E-state index contributed by atoms with van der Waals surface area (Å²) in [7, 11) is 1.99. The molecule has 3 nitrogen and oxygen atoms in total. The van der Waals surface area contributed by atoms with Gasteiger partial charge in [-0.1, -0.05) is 31.5 Å². The summed E-state index contributed by atoms with van der Waals surface area (Å²) >= 11 is 6.01. The molecule has 2 aliphatic rings. The first kappa shape index (κ1) is 12.5. The molecule has 0 aliphatic carbocycles. The van der Waals surface area contributed by atoms with E-state index >= 15 is 0 Å². The summed E-state index contributed by atoms with van der Waals surface area (Å²) in [5, 5.41) is 0.528. The summed E-state index contributed by atoms with van der Waals surface area (Å²) in [4.78, 5) is 8.55. The minimum absolute atomic E-state index is 0.528. The van der Waals surface area contributed by atoms with Crippen molar-refractivity contribution in [3.8, 4) is 0 Å². The molecule has 2 aliphatic heterocycles. The third-order valence-electron chi connectivity index (χ3n) is 3.73. The Labute approximate surface area is 108 Å². The van der Waals surface area contributed by atoms with Gasteiger partial charge in [0.2, 0.25) is 0 Å². The Balaban J connectivity index is 2.08. The van der Waals surface area contributed by atoms with Gasteiger partial charge in [0.05, 0.1) is 0 Å². The molecule has 0 atom stereocenters. The summed E-state index contributed by atoms with van der Waals surface area (Å²) in [6.07, 6.45) is 5.76. The zero-order valence-corrected chi connectivity index (χ0v) is 11.4. The SMILES string of the molecule is C=C1N=C(Cl)C=C(N2CCC(CC)CC2)N1C. The molecule has 0 aromatic rings. The molecular weight excluding hydrogens is 234 g/mol. The van der Waals surface area contributed by atoms with E-state index in [4.69, 9.17) is 11.6 Å². The van der Waals surface area contributed by atoms with Crippen molar-refractivity contribution in [2.24, 2.45) is 10.9 Å². The maximum Gasteiger partial charge on any atom is 0.135 e. The highest BCUT2D eigenvalue weighted by atomic mass is 35.5. The van der Waals surface area contributed by atoms with Gasteiger partial charge in [-0.25, -0.2) is 4.99 Å². The zero-order chi connectivity index (χ0) is 12.4. The molecule has 1 fully saturated rings. The Kier molecular flexibility index (Phi) is 3.77. The summed E-state index contributed by atoms with van der Waals surface area (Å²) < 4.78 is 0. The summed E-state index contributed by atoms with van der Waals surface area (Å²) in [5.41, 5.74) is 0. The van der Waals surface area contributed by atoms with Crippen LogP contribution in [-0.2, 0) is 0 Å². The number of allylic oxidation sites excluding steroid dienone is 1. The van der Waals surface area contributed by atoms with Gasteiger partial charge in [0.15, 0.2) is 0 Å². The lowest BCUT2D eigenvalue weighted by atomic mass is 9.94. The average molecular weight is 254 g/mol. The van der Waals surface area contributed by atoms with Crippen LogP contribution < -0.4 is 0 Å². The van der Waals surface area contributed by atoms with Crippen LogP contribution in [-0.4, -0.2) is 35.1 Å². The number of rotatable bonds is 2. The van der Waals surface area contributed by atoms with E-state index in [1.165, 1.54) is 19.3 Å². The smallest absolute Gasteiger partial charge is 0.135 e. The number of likely N-dealkylation sites (tertiary alicyclic amines) is 1. The van der Waals surface area contributed by atoms with Gasteiger partial charge in [0.25, 0.3) is 0 Å². The van der Waals surface area contributed by atoms with Gasteiger partial charge in [0, 0.05) is 26.2 Å². The molecule has 0 aromatic heterocycles. The van der Waals surface area contributed by atoms with Gasteiger partial charge in [-0.05, 0) is 18.8 Å². The highest BCUT2D eigenvalue weighted by molar-refractivity contribution is 6.68. The molecule has 2 rings (SSSR count). The van der Waals surface area contributed by atoms with Crippen LogP contribution in [0.2, 0.25) is 0 Å². The monoisotopic (exact) mass is 253 g/mol. The normalized spacial score (nSPS) is 22.6. The van der Waals surface area contributed by atoms with E-state index in [9.17, 15) is 0 Å². The maximum atomic E-state index is 6.01. The predicted molar refractivity (Wildman–Crippen MR) is 72.9 cm³/mol. The van der Waals surface area contributed by atoms with E-state index in [0.29, 0.717) is 11.0 Å². The number of halogens is 1. The molecule has 0 radical (unpaired) electrons. The van der Waals surface area contributed by atoms with Gasteiger partial charge >= 0.3 is 0 Å². The Bertz CT molecular complexity index is 365. The molecule has 4 heteroatoms. The maximum absolute atomic E-state index is 6.01. The molecule has 0 spiro atoms.